The molecule has 0 unspecified atom stereocenters. The smallest absolute Gasteiger partial charge is 0.410 e. The number of rotatable bonds is 21. The molecule has 0 saturated heterocycles. The van der Waals surface area contributed by atoms with Crippen molar-refractivity contribution in [1.29, 1.82) is 5.26 Å². The second-order valence-electron chi connectivity index (χ2n) is 9.85. The van der Waals surface area contributed by atoms with Crippen LogP contribution in [0.4, 0.5) is 28.6 Å². The molecule has 0 aliphatic carbocycles. The van der Waals surface area contributed by atoms with E-state index in [4.69, 9.17) is 28.2 Å². The predicted molar refractivity (Wildman–Crippen MR) is 219 cm³/mol. The molecule has 3 aromatic rings. The monoisotopic (exact) mass is 802 g/mol. The van der Waals surface area contributed by atoms with Gasteiger partial charge in [0.1, 0.15) is 5.75 Å². The molecule has 0 radical (unpaired) electrons. The van der Waals surface area contributed by atoms with E-state index in [1.165, 1.54) is 6.19 Å². The molecule has 0 fully saturated rings. The van der Waals surface area contributed by atoms with Crippen LogP contribution in [0.15, 0.2) is 30.3 Å². The summed E-state index contributed by atoms with van der Waals surface area (Å²) in [4.78, 5) is 23.3. The summed E-state index contributed by atoms with van der Waals surface area (Å²) in [7, 11) is 5.11. The number of aromatic nitrogens is 6. The van der Waals surface area contributed by atoms with Gasteiger partial charge in [-0.2, -0.15) is 15.2 Å². The number of ether oxygens (including phenoxy) is 1. The van der Waals surface area contributed by atoms with Crippen molar-refractivity contribution in [3.63, 3.8) is 0 Å². The molecule has 20 nitrogen and oxygen atoms in total. The fourth-order valence-electron chi connectivity index (χ4n) is 3.89. The second-order valence-corrected chi connectivity index (χ2v) is 9.85. The minimum Gasteiger partial charge on any atom is -0.410 e. The first kappa shape index (κ1) is 50.4. The van der Waals surface area contributed by atoms with Crippen molar-refractivity contribution in [3.05, 3.63) is 30.3 Å². The molecule has 0 saturated carbocycles. The molecule has 2 heterocycles. The molecule has 1 amide bonds. The van der Waals surface area contributed by atoms with Crippen molar-refractivity contribution in [2.45, 2.75) is 13.8 Å². The fourth-order valence-corrected chi connectivity index (χ4v) is 3.89. The van der Waals surface area contributed by atoms with Gasteiger partial charge in [-0.05, 0) is 41.3 Å². The Labute approximate surface area is 320 Å². The topological polar surface area (TPSA) is 304 Å². The van der Waals surface area contributed by atoms with Crippen molar-refractivity contribution in [2.24, 2.45) is 11.5 Å². The maximum absolute atomic E-state index is 10.7. The second kappa shape index (κ2) is 37.0. The Hall–Kier alpha value is -3.74. The van der Waals surface area contributed by atoms with Gasteiger partial charge in [-0.25, -0.2) is 20.3 Å². The summed E-state index contributed by atoms with van der Waals surface area (Å²) in [6.45, 7) is 16.6. The molecular weight excluding hydrogens is 747 g/mol. The van der Waals surface area contributed by atoms with Crippen molar-refractivity contribution in [1.82, 2.24) is 56.1 Å². The number of para-hydroxylation sites is 1. The number of hydrogen-bond acceptors (Lipinski definition) is 19. The van der Waals surface area contributed by atoms with E-state index in [9.17, 15) is 4.79 Å². The molecule has 292 valence electrons. The summed E-state index contributed by atoms with van der Waals surface area (Å²) in [5, 5.41) is 35.8. The number of nitrogens with zero attached hydrogens (tertiary/aromatic N) is 7. The Balaban J connectivity index is 0. The Morgan fingerprint density at radius 2 is 1.21 bits per heavy atom. The van der Waals surface area contributed by atoms with Gasteiger partial charge in [0.25, 0.3) is 0 Å². The van der Waals surface area contributed by atoms with E-state index in [2.05, 4.69) is 120 Å². The number of aromatic amines is 2. The largest absolute Gasteiger partial charge is 0.425 e. The number of nitrogens with one attached hydrogen (secondary N) is 7. The molecule has 52 heavy (non-hydrogen) atoms. The third kappa shape index (κ3) is 28.9. The van der Waals surface area contributed by atoms with Crippen LogP contribution < -0.4 is 54.3 Å². The highest BCUT2D eigenvalue weighted by Gasteiger charge is 2.07. The van der Waals surface area contributed by atoms with Gasteiger partial charge in [0.2, 0.25) is 23.8 Å². The average molecular weight is 803 g/mol. The number of amides is 1. The van der Waals surface area contributed by atoms with Gasteiger partial charge in [-0.3, -0.25) is 9.80 Å². The van der Waals surface area contributed by atoms with Gasteiger partial charge < -0.3 is 48.9 Å². The van der Waals surface area contributed by atoms with E-state index in [0.29, 0.717) is 42.6 Å². The van der Waals surface area contributed by atoms with Crippen molar-refractivity contribution in [2.75, 3.05) is 114 Å². The molecule has 15 N–H and O–H groups in total. The third-order valence-corrected chi connectivity index (χ3v) is 6.14. The summed E-state index contributed by atoms with van der Waals surface area (Å²) in [5.74, 6) is 2.03. The molecule has 0 spiro atoms. The van der Waals surface area contributed by atoms with E-state index in [-0.39, 0.29) is 0 Å². The zero-order valence-electron chi connectivity index (χ0n) is 29.9. The first-order valence-corrected chi connectivity index (χ1v) is 19.5. The highest BCUT2D eigenvalue weighted by atomic mass is 32.4. The van der Waals surface area contributed by atoms with Gasteiger partial charge in [-0.15, -0.1) is 10.2 Å². The highest BCUT2D eigenvalue weighted by Crippen LogP contribution is 2.07. The number of benzene rings is 1. The minimum absolute atomic E-state index is 0.302. The summed E-state index contributed by atoms with van der Waals surface area (Å²) in [5.41, 5.74) is 21.9. The van der Waals surface area contributed by atoms with Gasteiger partial charge in [0.05, 0.1) is 0 Å². The number of nitrogens with two attached hydrogens (primary N) is 4. The summed E-state index contributed by atoms with van der Waals surface area (Å²) in [6.07, 6.45) is 0.689. The molecular formula is C28H56N18O2P2S2. The number of likely N-dealkylation sites (N-methyl/N-ethyl adjacent to an activating group) is 2. The van der Waals surface area contributed by atoms with Crippen LogP contribution >= 0.6 is 16.0 Å². The van der Waals surface area contributed by atoms with Gasteiger partial charge in [0, 0.05) is 78.5 Å². The van der Waals surface area contributed by atoms with Crippen LogP contribution in [0.2, 0.25) is 0 Å². The Kier molecular flexibility index (Phi) is 35.9. The number of nitrogen functional groups attached to an aromatic ring is 2. The maximum atomic E-state index is 10.7. The van der Waals surface area contributed by atoms with Crippen LogP contribution in [0.5, 0.6) is 5.75 Å². The quantitative estimate of drug-likeness (QED) is 0.0287. The molecule has 1 aromatic carbocycles. The lowest BCUT2D eigenvalue weighted by Gasteiger charge is -2.22. The molecule has 24 heteroatoms. The maximum Gasteiger partial charge on any atom is 0.425 e. The van der Waals surface area contributed by atoms with Gasteiger partial charge in [-0.1, -0.05) is 55.7 Å². The number of carbonyl (C=O) groups is 1. The normalized spacial score (nSPS) is 9.71. The third-order valence-electron chi connectivity index (χ3n) is 6.14. The van der Waals surface area contributed by atoms with Crippen LogP contribution in [0.25, 0.3) is 0 Å². The lowest BCUT2D eigenvalue weighted by molar-refractivity contribution is 0.205. The highest BCUT2D eigenvalue weighted by molar-refractivity contribution is 7.89. The first-order chi connectivity index (χ1) is 25.3. The van der Waals surface area contributed by atoms with E-state index in [1.807, 2.05) is 5.32 Å². The van der Waals surface area contributed by atoms with Gasteiger partial charge >= 0.3 is 6.09 Å². The molecule has 0 aliphatic heterocycles. The standard InChI is InChI=1S/C12H26N12.C8H22N4.C8H6N2O2.2HPS/c1-2-15-3-6-24(7-4-16-11-18-9(13)20-22-11)8-5-17-12-19-10(14)21-23-12;1-2-11-5-8-12(6-3-9)7-4-10;9-6-10-8(11)12-7-4-2-1-3-5-7;2*1-2/h15H,2-8H2,1H3,(H4,13,16,18,20,22)(H4,14,17,19,21,23);11H,2-10H2,1H3;1-5H,(H,10,11);2*1H. The Morgan fingerprint density at radius 1 is 0.788 bits per heavy atom. The average Bonchev–Trinajstić information content (AvgIpc) is 3.78. The van der Waals surface area contributed by atoms with E-state index >= 15 is 0 Å². The lowest BCUT2D eigenvalue weighted by Crippen LogP contribution is -2.38. The zero-order valence-corrected chi connectivity index (χ0v) is 33.5. The molecule has 3 rings (SSSR count). The predicted octanol–water partition coefficient (Wildman–Crippen LogP) is -0.224. The SMILES string of the molecule is CCNCCN(CCN)CCN.CCNCCN(CCNc1n[nH]c(N)n1)CCNc1n[nH]c(N)n1.N#CNC(=O)Oc1ccccc1.P=S.P=S. The Morgan fingerprint density at radius 3 is 1.58 bits per heavy atom. The van der Waals surface area contributed by atoms with Crippen LogP contribution in [0, 0.1) is 11.5 Å². The summed E-state index contributed by atoms with van der Waals surface area (Å²) < 4.78 is 4.68. The van der Waals surface area contributed by atoms with Crippen LogP contribution in [-0.2, 0) is 23.6 Å². The van der Waals surface area contributed by atoms with Crippen molar-refractivity contribution < 1.29 is 9.53 Å². The lowest BCUT2D eigenvalue weighted by atomic mass is 10.3. The molecule has 0 atom stereocenters. The van der Waals surface area contributed by atoms with Crippen molar-refractivity contribution in [3.8, 4) is 11.9 Å². The van der Waals surface area contributed by atoms with Crippen LogP contribution in [-0.4, -0.2) is 138 Å². The van der Waals surface area contributed by atoms with Crippen molar-refractivity contribution >= 4 is 69.5 Å². The van der Waals surface area contributed by atoms with E-state index in [0.717, 1.165) is 78.5 Å². The Bertz CT molecular complexity index is 1240. The number of carbonyl (C=O) groups excluding carboxylic acids is 1. The number of hydrogen-bond donors (Lipinski definition) is 11. The van der Waals surface area contributed by atoms with E-state index < -0.39 is 6.09 Å². The first-order valence-electron chi connectivity index (χ1n) is 16.3. The number of H-pyrrole nitrogens is 2. The summed E-state index contributed by atoms with van der Waals surface area (Å²) in [6, 6.07) is 8.51. The molecule has 0 bridgehead atoms. The fraction of sp³-hybridized carbons (Fsp3) is 0.571. The number of nitriles is 1. The van der Waals surface area contributed by atoms with Gasteiger partial charge in [0.15, 0.2) is 6.19 Å². The molecule has 2 aromatic heterocycles. The minimum atomic E-state index is -0.774. The zero-order chi connectivity index (χ0) is 39.2. The van der Waals surface area contributed by atoms with Crippen LogP contribution in [0.3, 0.4) is 0 Å². The number of anilines is 4. The van der Waals surface area contributed by atoms with Crippen LogP contribution in [0.1, 0.15) is 13.8 Å². The summed E-state index contributed by atoms with van der Waals surface area (Å²) >= 11 is 7.78. The molecule has 0 aliphatic rings. The van der Waals surface area contributed by atoms with E-state index in [1.54, 1.807) is 30.3 Å².